The monoisotopic (exact) mass is 212 g/mol. The van der Waals surface area contributed by atoms with Gasteiger partial charge in [-0.25, -0.2) is 0 Å². The van der Waals surface area contributed by atoms with Crippen LogP contribution in [0.25, 0.3) is 0 Å². The molecular weight excluding hydrogens is 188 g/mol. The Labute approximate surface area is 90.4 Å². The van der Waals surface area contributed by atoms with E-state index in [1.807, 2.05) is 6.92 Å². The molecule has 0 amide bonds. The van der Waals surface area contributed by atoms with Crippen molar-refractivity contribution in [2.24, 2.45) is 5.92 Å². The van der Waals surface area contributed by atoms with E-state index in [9.17, 15) is 0 Å². The average Bonchev–Trinajstić information content (AvgIpc) is 2.04. The van der Waals surface area contributed by atoms with Crippen LogP contribution in [-0.2, 0) is 4.43 Å². The van der Waals surface area contributed by atoms with Gasteiger partial charge in [-0.05, 0) is 24.1 Å². The van der Waals surface area contributed by atoms with Crippen LogP contribution in [0.4, 0.5) is 0 Å². The van der Waals surface area contributed by atoms with Crippen LogP contribution >= 0.6 is 0 Å². The minimum Gasteiger partial charge on any atom is -0.500 e. The van der Waals surface area contributed by atoms with Gasteiger partial charge in [0.05, 0.1) is 6.11 Å². The summed E-state index contributed by atoms with van der Waals surface area (Å²) in [5.41, 5.74) is 0. The van der Waals surface area contributed by atoms with Crippen LogP contribution < -0.4 is 0 Å². The maximum atomic E-state index is 5.77. The lowest BCUT2D eigenvalue weighted by molar-refractivity contribution is 0.378. The molecule has 82 valence electrons. The summed E-state index contributed by atoms with van der Waals surface area (Å²) >= 11 is 0. The Morgan fingerprint density at radius 2 is 1.79 bits per heavy atom. The van der Waals surface area contributed by atoms with E-state index in [0.717, 1.165) is 6.42 Å². The molecule has 0 heterocycles. The lowest BCUT2D eigenvalue weighted by Crippen LogP contribution is -2.44. The summed E-state index contributed by atoms with van der Waals surface area (Å²) in [4.78, 5) is 0. The minimum absolute atomic E-state index is 0.259. The first-order valence-electron chi connectivity index (χ1n) is 5.41. The summed E-state index contributed by atoms with van der Waals surface area (Å²) in [7, 11) is -1.70. The lowest BCUT2D eigenvalue weighted by Gasteiger charge is -2.40. The van der Waals surface area contributed by atoms with Gasteiger partial charge in [-0.2, -0.15) is 0 Å². The molecule has 0 radical (unpaired) electrons. The maximum Gasteiger partial charge on any atom is 0.264 e. The molecule has 0 aromatic heterocycles. The molecule has 14 heavy (non-hydrogen) atoms. The molecule has 0 spiro atoms. The third-order valence-corrected chi connectivity index (χ3v) is 7.84. The van der Waals surface area contributed by atoms with Gasteiger partial charge in [0.2, 0.25) is 0 Å². The fourth-order valence-corrected chi connectivity index (χ4v) is 3.04. The van der Waals surface area contributed by atoms with Crippen LogP contribution in [0.1, 0.15) is 41.0 Å². The van der Waals surface area contributed by atoms with E-state index < -0.39 is 8.32 Å². The quantitative estimate of drug-likeness (QED) is 0.507. The van der Waals surface area contributed by atoms with Gasteiger partial charge in [-0.1, -0.05) is 40.5 Å². The Morgan fingerprint density at radius 1 is 1.29 bits per heavy atom. The van der Waals surface area contributed by atoms with Crippen LogP contribution in [0.3, 0.4) is 0 Å². The molecule has 1 nitrogen and oxygen atoms in total. The fourth-order valence-electron chi connectivity index (χ4n) is 1.06. The Kier molecular flexibility index (Phi) is 4.74. The van der Waals surface area contributed by atoms with Crippen molar-refractivity contribution in [3.8, 4) is 12.0 Å². The molecule has 0 aromatic carbocycles. The predicted molar refractivity (Wildman–Crippen MR) is 65.5 cm³/mol. The molecule has 0 aromatic rings. The van der Waals surface area contributed by atoms with E-state index in [0.29, 0.717) is 5.92 Å². The standard InChI is InChI=1S/C12H24OSi/c1-8-9-10-13-14(6,7)12(4,5)11(2)3/h11H,8H2,1-7H3. The van der Waals surface area contributed by atoms with Gasteiger partial charge in [0.15, 0.2) is 0 Å². The average molecular weight is 212 g/mol. The van der Waals surface area contributed by atoms with Crippen molar-refractivity contribution in [2.45, 2.75) is 59.2 Å². The van der Waals surface area contributed by atoms with Gasteiger partial charge >= 0.3 is 0 Å². The fraction of sp³-hybridized carbons (Fsp3) is 0.833. The largest absolute Gasteiger partial charge is 0.500 e. The van der Waals surface area contributed by atoms with Crippen LogP contribution in [0.5, 0.6) is 0 Å². The van der Waals surface area contributed by atoms with E-state index in [1.165, 1.54) is 0 Å². The van der Waals surface area contributed by atoms with Crippen LogP contribution in [0, 0.1) is 17.9 Å². The molecule has 2 heteroatoms. The second-order valence-electron chi connectivity index (χ2n) is 5.12. The first-order valence-corrected chi connectivity index (χ1v) is 8.32. The third-order valence-electron chi connectivity index (χ3n) is 3.55. The highest BCUT2D eigenvalue weighted by atomic mass is 28.4. The Hall–Kier alpha value is -0.423. The van der Waals surface area contributed by atoms with Crippen molar-refractivity contribution in [3.05, 3.63) is 0 Å². The molecule has 0 aliphatic heterocycles. The summed E-state index contributed by atoms with van der Waals surface area (Å²) in [6, 6.07) is 0. The molecule has 0 rings (SSSR count). The summed E-state index contributed by atoms with van der Waals surface area (Å²) in [5.74, 6) is 3.61. The number of hydrogen-bond donors (Lipinski definition) is 0. The molecule has 0 saturated heterocycles. The van der Waals surface area contributed by atoms with Crippen LogP contribution in [0.2, 0.25) is 18.1 Å². The normalized spacial score (nSPS) is 12.3. The van der Waals surface area contributed by atoms with Crippen LogP contribution in [0.15, 0.2) is 0 Å². The highest BCUT2D eigenvalue weighted by molar-refractivity contribution is 6.74. The predicted octanol–water partition coefficient (Wildman–Crippen LogP) is 4.02. The molecule has 0 unspecified atom stereocenters. The zero-order valence-corrected chi connectivity index (χ0v) is 11.7. The zero-order chi connectivity index (χ0) is 11.4. The molecule has 0 saturated carbocycles. The van der Waals surface area contributed by atoms with Crippen molar-refractivity contribution in [1.29, 1.82) is 0 Å². The second-order valence-corrected chi connectivity index (χ2v) is 9.63. The van der Waals surface area contributed by atoms with Crippen molar-refractivity contribution < 1.29 is 4.43 Å². The highest BCUT2D eigenvalue weighted by Gasteiger charge is 2.44. The third kappa shape index (κ3) is 3.06. The molecular formula is C12H24OSi. The van der Waals surface area contributed by atoms with Gasteiger partial charge in [-0.3, -0.25) is 0 Å². The molecule has 0 N–H and O–H groups in total. The Morgan fingerprint density at radius 3 is 2.14 bits per heavy atom. The SMILES string of the molecule is CCC#CO[Si](C)(C)C(C)(C)C(C)C. The van der Waals surface area contributed by atoms with Gasteiger partial charge in [0, 0.05) is 6.42 Å². The first-order chi connectivity index (χ1) is 6.25. The van der Waals surface area contributed by atoms with E-state index in [1.54, 1.807) is 0 Å². The summed E-state index contributed by atoms with van der Waals surface area (Å²) in [5, 5.41) is 0.259. The first kappa shape index (κ1) is 13.6. The summed E-state index contributed by atoms with van der Waals surface area (Å²) in [6.45, 7) is 15.6. The van der Waals surface area contributed by atoms with E-state index in [-0.39, 0.29) is 5.04 Å². The molecule has 0 aliphatic carbocycles. The summed E-state index contributed by atoms with van der Waals surface area (Å²) in [6.07, 6.45) is 3.72. The van der Waals surface area contributed by atoms with Gasteiger partial charge in [-0.15, -0.1) is 0 Å². The lowest BCUT2D eigenvalue weighted by atomic mass is 9.99. The van der Waals surface area contributed by atoms with E-state index >= 15 is 0 Å². The molecule has 0 aliphatic rings. The maximum absolute atomic E-state index is 5.77. The van der Waals surface area contributed by atoms with Crippen molar-refractivity contribution >= 4 is 8.32 Å². The van der Waals surface area contributed by atoms with Crippen LogP contribution in [-0.4, -0.2) is 8.32 Å². The second kappa shape index (κ2) is 4.88. The highest BCUT2D eigenvalue weighted by Crippen LogP contribution is 2.44. The van der Waals surface area contributed by atoms with Crippen molar-refractivity contribution in [3.63, 3.8) is 0 Å². The van der Waals surface area contributed by atoms with Crippen molar-refractivity contribution in [2.75, 3.05) is 0 Å². The Bertz CT molecular complexity index is 230. The van der Waals surface area contributed by atoms with E-state index in [4.69, 9.17) is 4.43 Å². The minimum atomic E-state index is -1.70. The molecule has 0 atom stereocenters. The number of hydrogen-bond acceptors (Lipinski definition) is 1. The molecule has 0 fully saturated rings. The summed E-state index contributed by atoms with van der Waals surface area (Å²) < 4.78 is 5.77. The Balaban J connectivity index is 4.59. The zero-order valence-electron chi connectivity index (χ0n) is 10.7. The number of rotatable bonds is 3. The van der Waals surface area contributed by atoms with Crippen molar-refractivity contribution in [1.82, 2.24) is 0 Å². The van der Waals surface area contributed by atoms with Gasteiger partial charge in [0.25, 0.3) is 8.32 Å². The van der Waals surface area contributed by atoms with Gasteiger partial charge in [0.1, 0.15) is 0 Å². The smallest absolute Gasteiger partial charge is 0.264 e. The van der Waals surface area contributed by atoms with Gasteiger partial charge < -0.3 is 4.43 Å². The topological polar surface area (TPSA) is 9.23 Å². The van der Waals surface area contributed by atoms with E-state index in [2.05, 4.69) is 52.8 Å². The molecule has 0 bridgehead atoms.